The number of carbonyl (C=O) groups is 2. The third-order valence-corrected chi connectivity index (χ3v) is 7.12. The van der Waals surface area contributed by atoms with Crippen LogP contribution in [-0.2, 0) is 6.42 Å². The molecule has 0 bridgehead atoms. The number of aromatic amines is 1. The molecule has 0 saturated carbocycles. The molecule has 1 aliphatic rings. The van der Waals surface area contributed by atoms with Crippen molar-refractivity contribution in [3.8, 4) is 0 Å². The van der Waals surface area contributed by atoms with Crippen molar-refractivity contribution in [1.82, 2.24) is 14.9 Å². The highest BCUT2D eigenvalue weighted by atomic mass is 32.1. The molecule has 2 aromatic heterocycles. The number of halogens is 1. The van der Waals surface area contributed by atoms with Crippen molar-refractivity contribution in [2.75, 3.05) is 6.54 Å². The predicted octanol–water partition coefficient (Wildman–Crippen LogP) is 4.25. The summed E-state index contributed by atoms with van der Waals surface area (Å²) in [4.78, 5) is 35.1. The molecule has 5 rings (SSSR count). The molecule has 2 aromatic carbocycles. The van der Waals surface area contributed by atoms with Crippen molar-refractivity contribution >= 4 is 44.3 Å². The fraction of sp³-hybridized carbons (Fsp3) is 0.261. The van der Waals surface area contributed by atoms with Crippen LogP contribution in [0.2, 0.25) is 0 Å². The number of carbonyl (C=O) groups excluding carboxylic acids is 2. The summed E-state index contributed by atoms with van der Waals surface area (Å²) in [7, 11) is 0. The highest BCUT2D eigenvalue weighted by Crippen LogP contribution is 2.34. The molecule has 0 unspecified atom stereocenters. The van der Waals surface area contributed by atoms with Crippen molar-refractivity contribution in [3.63, 3.8) is 0 Å². The van der Waals surface area contributed by atoms with Crippen LogP contribution in [0, 0.1) is 5.82 Å². The summed E-state index contributed by atoms with van der Waals surface area (Å²) in [6.07, 6.45) is 3.31. The minimum absolute atomic E-state index is 0.0673. The summed E-state index contributed by atoms with van der Waals surface area (Å²) < 4.78 is 14.5. The van der Waals surface area contributed by atoms with Crippen LogP contribution in [0.15, 0.2) is 42.5 Å². The van der Waals surface area contributed by atoms with E-state index in [1.165, 1.54) is 23.5 Å². The smallest absolute Gasteiger partial charge is 0.289 e. The van der Waals surface area contributed by atoms with Gasteiger partial charge in [-0.1, -0.05) is 18.2 Å². The first-order valence-electron chi connectivity index (χ1n) is 10.3. The van der Waals surface area contributed by atoms with Crippen molar-refractivity contribution in [2.24, 2.45) is 5.73 Å². The summed E-state index contributed by atoms with van der Waals surface area (Å²) in [6.45, 7) is 0.614. The molecular weight excluding hydrogens is 415 g/mol. The molecule has 4 aromatic rings. The Labute approximate surface area is 181 Å². The number of aromatic nitrogens is 2. The quantitative estimate of drug-likeness (QED) is 0.501. The molecule has 0 aliphatic carbocycles. The van der Waals surface area contributed by atoms with E-state index < -0.39 is 5.91 Å². The van der Waals surface area contributed by atoms with Crippen LogP contribution in [0.25, 0.3) is 21.1 Å². The Hall–Kier alpha value is -3.26. The fourth-order valence-corrected chi connectivity index (χ4v) is 5.52. The molecule has 1 fully saturated rings. The van der Waals surface area contributed by atoms with Gasteiger partial charge in [0.15, 0.2) is 5.82 Å². The van der Waals surface area contributed by atoms with Gasteiger partial charge < -0.3 is 15.6 Å². The van der Waals surface area contributed by atoms with Crippen LogP contribution in [0.3, 0.4) is 0 Å². The molecule has 6 nitrogen and oxygen atoms in total. The molecule has 1 atom stereocenters. The van der Waals surface area contributed by atoms with Gasteiger partial charge in [0.1, 0.15) is 5.82 Å². The molecule has 8 heteroatoms. The number of hydrogen-bond acceptors (Lipinski definition) is 4. The molecule has 158 valence electrons. The molecule has 31 heavy (non-hydrogen) atoms. The summed E-state index contributed by atoms with van der Waals surface area (Å²) >= 11 is 1.40. The standard InChI is InChI=1S/C23H21FN4O2S/c24-13-8-9-17-18(11-13)27-22(26-17)23(30)28-10-4-3-5-14(28)12-16-15-6-1-2-7-19(15)31-20(16)21(25)29/h1-2,6-9,11,14H,3-5,10,12H2,(H2,25,29)(H,26,27)/t14-/m1/s1. The van der Waals surface area contributed by atoms with Gasteiger partial charge in [0.25, 0.3) is 11.8 Å². The van der Waals surface area contributed by atoms with Gasteiger partial charge in [0.2, 0.25) is 0 Å². The van der Waals surface area contributed by atoms with Gasteiger partial charge in [0.05, 0.1) is 15.9 Å². The number of benzene rings is 2. The third kappa shape index (κ3) is 3.57. The lowest BCUT2D eigenvalue weighted by Crippen LogP contribution is -2.45. The molecule has 1 saturated heterocycles. The van der Waals surface area contributed by atoms with Gasteiger partial charge >= 0.3 is 0 Å². The Morgan fingerprint density at radius 2 is 2.06 bits per heavy atom. The minimum atomic E-state index is -0.441. The molecule has 1 aliphatic heterocycles. The van der Waals surface area contributed by atoms with Crippen LogP contribution >= 0.6 is 11.3 Å². The lowest BCUT2D eigenvalue weighted by atomic mass is 9.94. The number of H-pyrrole nitrogens is 1. The maximum absolute atomic E-state index is 13.5. The zero-order chi connectivity index (χ0) is 21.5. The van der Waals surface area contributed by atoms with E-state index in [4.69, 9.17) is 5.73 Å². The predicted molar refractivity (Wildman–Crippen MR) is 119 cm³/mol. The summed E-state index contributed by atoms with van der Waals surface area (Å²) in [5.74, 6) is -0.821. The molecule has 0 radical (unpaired) electrons. The fourth-order valence-electron chi connectivity index (χ4n) is 4.44. The first-order valence-corrected chi connectivity index (χ1v) is 11.1. The van der Waals surface area contributed by atoms with Gasteiger partial charge in [0, 0.05) is 17.3 Å². The number of piperidine rings is 1. The van der Waals surface area contributed by atoms with E-state index in [9.17, 15) is 14.0 Å². The maximum Gasteiger partial charge on any atom is 0.289 e. The summed E-state index contributed by atoms with van der Waals surface area (Å²) in [5.41, 5.74) is 7.63. The molecule has 0 spiro atoms. The van der Waals surface area contributed by atoms with Crippen LogP contribution in [0.5, 0.6) is 0 Å². The first kappa shape index (κ1) is 19.7. The van der Waals surface area contributed by atoms with E-state index in [0.29, 0.717) is 28.9 Å². The van der Waals surface area contributed by atoms with Crippen LogP contribution in [0.1, 0.15) is 45.1 Å². The highest BCUT2D eigenvalue weighted by molar-refractivity contribution is 7.21. The van der Waals surface area contributed by atoms with Crippen LogP contribution < -0.4 is 5.73 Å². The number of nitrogens with two attached hydrogens (primary N) is 1. The van der Waals surface area contributed by atoms with Gasteiger partial charge in [-0.15, -0.1) is 11.3 Å². The second kappa shape index (κ2) is 7.77. The Bertz CT molecular complexity index is 1310. The summed E-state index contributed by atoms with van der Waals surface area (Å²) in [6, 6.07) is 12.0. The SMILES string of the molecule is NC(=O)c1sc2ccccc2c1C[C@H]1CCCCN1C(=O)c1nc2ccc(F)cc2[nH]1. The normalized spacial score (nSPS) is 16.8. The monoisotopic (exact) mass is 436 g/mol. The number of nitrogens with zero attached hydrogens (tertiary/aromatic N) is 2. The van der Waals surface area contributed by atoms with E-state index in [1.54, 1.807) is 6.07 Å². The second-order valence-electron chi connectivity index (χ2n) is 7.87. The van der Waals surface area contributed by atoms with E-state index in [2.05, 4.69) is 9.97 Å². The molecular formula is C23H21FN4O2S. The van der Waals surface area contributed by atoms with Crippen molar-refractivity contribution in [1.29, 1.82) is 0 Å². The number of nitrogens with one attached hydrogen (secondary N) is 1. The van der Waals surface area contributed by atoms with Crippen molar-refractivity contribution < 1.29 is 14.0 Å². The van der Waals surface area contributed by atoms with E-state index in [-0.39, 0.29) is 23.6 Å². The zero-order valence-electron chi connectivity index (χ0n) is 16.7. The average molecular weight is 437 g/mol. The van der Waals surface area contributed by atoms with Crippen molar-refractivity contribution in [2.45, 2.75) is 31.7 Å². The van der Waals surface area contributed by atoms with E-state index >= 15 is 0 Å². The topological polar surface area (TPSA) is 92.1 Å². The third-order valence-electron chi connectivity index (χ3n) is 5.90. The van der Waals surface area contributed by atoms with Gasteiger partial charge in [-0.2, -0.15) is 0 Å². The number of imidazole rings is 1. The second-order valence-corrected chi connectivity index (χ2v) is 8.92. The first-order chi connectivity index (χ1) is 15.0. The number of amides is 2. The highest BCUT2D eigenvalue weighted by Gasteiger charge is 2.31. The van der Waals surface area contributed by atoms with E-state index in [0.717, 1.165) is 34.9 Å². The van der Waals surface area contributed by atoms with Gasteiger partial charge in [-0.05, 0) is 60.9 Å². The lowest BCUT2D eigenvalue weighted by molar-refractivity contribution is 0.0602. The van der Waals surface area contributed by atoms with Crippen molar-refractivity contribution in [3.05, 3.63) is 64.5 Å². The average Bonchev–Trinajstić information content (AvgIpc) is 3.35. The minimum Gasteiger partial charge on any atom is -0.365 e. The number of fused-ring (bicyclic) bond motifs is 2. The van der Waals surface area contributed by atoms with E-state index in [1.807, 2.05) is 29.2 Å². The van der Waals surface area contributed by atoms with Crippen LogP contribution in [0.4, 0.5) is 4.39 Å². The van der Waals surface area contributed by atoms with Gasteiger partial charge in [-0.25, -0.2) is 9.37 Å². The lowest BCUT2D eigenvalue weighted by Gasteiger charge is -2.35. The molecule has 3 N–H and O–H groups in total. The Balaban J connectivity index is 1.49. The van der Waals surface area contributed by atoms with Gasteiger partial charge in [-0.3, -0.25) is 9.59 Å². The zero-order valence-corrected chi connectivity index (χ0v) is 17.5. The number of primary amides is 1. The molecule has 2 amide bonds. The number of hydrogen-bond donors (Lipinski definition) is 2. The Morgan fingerprint density at radius 1 is 1.23 bits per heavy atom. The summed E-state index contributed by atoms with van der Waals surface area (Å²) in [5, 5.41) is 1.01. The largest absolute Gasteiger partial charge is 0.365 e. The maximum atomic E-state index is 13.5. The number of rotatable bonds is 4. The Morgan fingerprint density at radius 3 is 2.90 bits per heavy atom. The number of thiophene rings is 1. The van der Waals surface area contributed by atoms with Crippen LogP contribution in [-0.4, -0.2) is 39.3 Å². The molecule has 3 heterocycles. The number of likely N-dealkylation sites (tertiary alicyclic amines) is 1. The Kier molecular flexibility index (Phi) is 4.94.